The van der Waals surface area contributed by atoms with Crippen LogP contribution >= 0.6 is 0 Å². The van der Waals surface area contributed by atoms with E-state index in [2.05, 4.69) is 10.2 Å². The molecule has 1 aromatic carbocycles. The number of amides is 2. The highest BCUT2D eigenvalue weighted by molar-refractivity contribution is 6.00. The fourth-order valence-corrected chi connectivity index (χ4v) is 3.65. The molecule has 2 fully saturated rings. The molecule has 7 nitrogen and oxygen atoms in total. The van der Waals surface area contributed by atoms with Gasteiger partial charge in [0.1, 0.15) is 11.9 Å². The van der Waals surface area contributed by atoms with Crippen molar-refractivity contribution in [3.8, 4) is 5.88 Å². The van der Waals surface area contributed by atoms with Gasteiger partial charge in [0.05, 0.1) is 18.2 Å². The number of nitrogens with zero attached hydrogens (tertiary/aromatic N) is 4. The van der Waals surface area contributed by atoms with Gasteiger partial charge in [0.15, 0.2) is 0 Å². The van der Waals surface area contributed by atoms with Crippen LogP contribution in [0.2, 0.25) is 0 Å². The van der Waals surface area contributed by atoms with Gasteiger partial charge in [-0.05, 0) is 37.3 Å². The lowest BCUT2D eigenvalue weighted by Crippen LogP contribution is -2.37. The van der Waals surface area contributed by atoms with Gasteiger partial charge >= 0.3 is 0 Å². The Morgan fingerprint density at radius 3 is 2.64 bits per heavy atom. The molecule has 146 valence electrons. The number of carbonyl (C=O) groups is 2. The van der Waals surface area contributed by atoms with Crippen molar-refractivity contribution >= 4 is 17.5 Å². The Hall–Kier alpha value is -3.03. The van der Waals surface area contributed by atoms with Crippen molar-refractivity contribution in [2.24, 2.45) is 5.92 Å². The third-order valence-corrected chi connectivity index (χ3v) is 5.13. The molecular weight excluding hydrogens is 363 g/mol. The van der Waals surface area contributed by atoms with Crippen LogP contribution in [0.25, 0.3) is 0 Å². The van der Waals surface area contributed by atoms with Gasteiger partial charge < -0.3 is 14.5 Å². The molecule has 0 radical (unpaired) electrons. The van der Waals surface area contributed by atoms with Crippen LogP contribution in [0.4, 0.5) is 10.1 Å². The van der Waals surface area contributed by atoms with E-state index in [1.165, 1.54) is 12.1 Å². The molecule has 0 bridgehead atoms. The average Bonchev–Trinajstić information content (AvgIpc) is 3.31. The standard InChI is InChI=1S/C20H21FN4O3/c1-13-2-7-18(23-22-13)28-17-8-9-24(12-17)20(27)14-10-19(26)25(11-14)16-5-3-15(21)4-6-16/h2-7,14,17H,8-12H2,1H3/t14-,17+/m1/s1. The first-order valence-electron chi connectivity index (χ1n) is 9.31. The van der Waals surface area contributed by atoms with Gasteiger partial charge in [-0.15, -0.1) is 5.10 Å². The summed E-state index contributed by atoms with van der Waals surface area (Å²) in [6.45, 7) is 3.22. The van der Waals surface area contributed by atoms with Crippen LogP contribution in [0.5, 0.6) is 5.88 Å². The maximum absolute atomic E-state index is 13.1. The highest BCUT2D eigenvalue weighted by Crippen LogP contribution is 2.28. The van der Waals surface area contributed by atoms with E-state index in [1.807, 2.05) is 13.0 Å². The lowest BCUT2D eigenvalue weighted by atomic mass is 10.1. The van der Waals surface area contributed by atoms with Crippen LogP contribution < -0.4 is 9.64 Å². The van der Waals surface area contributed by atoms with Gasteiger partial charge in [0.25, 0.3) is 0 Å². The Bertz CT molecular complexity index is 872. The number of halogens is 1. The molecule has 2 aliphatic heterocycles. The number of anilines is 1. The zero-order chi connectivity index (χ0) is 19.7. The van der Waals surface area contributed by atoms with Gasteiger partial charge in [-0.2, -0.15) is 5.10 Å². The van der Waals surface area contributed by atoms with Crippen molar-refractivity contribution in [2.75, 3.05) is 24.5 Å². The normalized spacial score (nSPS) is 22.0. The summed E-state index contributed by atoms with van der Waals surface area (Å²) in [6.07, 6.45) is 0.747. The fourth-order valence-electron chi connectivity index (χ4n) is 3.65. The first-order valence-corrected chi connectivity index (χ1v) is 9.31. The Labute approximate surface area is 162 Å². The minimum atomic E-state index is -0.393. The molecule has 1 aromatic heterocycles. The Balaban J connectivity index is 1.35. The number of ether oxygens (including phenoxy) is 1. The topological polar surface area (TPSA) is 75.6 Å². The summed E-state index contributed by atoms with van der Waals surface area (Å²) in [4.78, 5) is 28.5. The maximum atomic E-state index is 13.1. The zero-order valence-electron chi connectivity index (χ0n) is 15.5. The molecule has 3 heterocycles. The Kier molecular flexibility index (Phi) is 4.93. The van der Waals surface area contributed by atoms with Crippen LogP contribution in [0, 0.1) is 18.7 Å². The molecule has 2 atom stereocenters. The molecule has 8 heteroatoms. The van der Waals surface area contributed by atoms with Crippen LogP contribution in [0.3, 0.4) is 0 Å². The second kappa shape index (κ2) is 7.53. The van der Waals surface area contributed by atoms with E-state index < -0.39 is 5.92 Å². The minimum absolute atomic E-state index is 0.0425. The zero-order valence-corrected chi connectivity index (χ0v) is 15.5. The monoisotopic (exact) mass is 384 g/mol. The van der Waals surface area contributed by atoms with E-state index >= 15 is 0 Å². The molecule has 0 spiro atoms. The van der Waals surface area contributed by atoms with Crippen molar-refractivity contribution in [1.82, 2.24) is 15.1 Å². The van der Waals surface area contributed by atoms with E-state index in [4.69, 9.17) is 4.74 Å². The van der Waals surface area contributed by atoms with E-state index in [-0.39, 0.29) is 30.2 Å². The number of aryl methyl sites for hydroxylation is 1. The summed E-state index contributed by atoms with van der Waals surface area (Å²) < 4.78 is 18.9. The third-order valence-electron chi connectivity index (χ3n) is 5.13. The van der Waals surface area contributed by atoms with Crippen molar-refractivity contribution < 1.29 is 18.7 Å². The van der Waals surface area contributed by atoms with Crippen LogP contribution in [-0.4, -0.2) is 52.6 Å². The van der Waals surface area contributed by atoms with Crippen molar-refractivity contribution in [2.45, 2.75) is 25.9 Å². The van der Waals surface area contributed by atoms with Crippen LogP contribution in [-0.2, 0) is 9.59 Å². The van der Waals surface area contributed by atoms with Crippen LogP contribution in [0.1, 0.15) is 18.5 Å². The average molecular weight is 384 g/mol. The van der Waals surface area contributed by atoms with Crippen LogP contribution in [0.15, 0.2) is 36.4 Å². The Morgan fingerprint density at radius 2 is 1.93 bits per heavy atom. The minimum Gasteiger partial charge on any atom is -0.471 e. The number of rotatable bonds is 4. The number of likely N-dealkylation sites (tertiary alicyclic amines) is 1. The largest absolute Gasteiger partial charge is 0.471 e. The second-order valence-electron chi connectivity index (χ2n) is 7.21. The molecule has 2 saturated heterocycles. The lowest BCUT2D eigenvalue weighted by Gasteiger charge is -2.21. The SMILES string of the molecule is Cc1ccc(O[C@H]2CCN(C(=O)[C@@H]3CC(=O)N(c4ccc(F)cc4)C3)C2)nn1. The summed E-state index contributed by atoms with van der Waals surface area (Å²) >= 11 is 0. The quantitative estimate of drug-likeness (QED) is 0.806. The predicted octanol–water partition coefficient (Wildman–Crippen LogP) is 1.96. The molecule has 0 saturated carbocycles. The first-order chi connectivity index (χ1) is 13.5. The number of benzene rings is 1. The van der Waals surface area contributed by atoms with Gasteiger partial charge in [-0.25, -0.2) is 4.39 Å². The molecule has 2 aromatic rings. The van der Waals surface area contributed by atoms with E-state index in [9.17, 15) is 14.0 Å². The van der Waals surface area contributed by atoms with E-state index in [0.717, 1.165) is 5.69 Å². The summed E-state index contributed by atoms with van der Waals surface area (Å²) in [5.74, 6) is -0.464. The van der Waals surface area contributed by atoms with Crippen molar-refractivity contribution in [3.63, 3.8) is 0 Å². The third kappa shape index (κ3) is 3.81. The molecule has 2 aliphatic rings. The maximum Gasteiger partial charge on any atom is 0.233 e. The molecule has 28 heavy (non-hydrogen) atoms. The molecule has 0 N–H and O–H groups in total. The molecule has 0 unspecified atom stereocenters. The number of hydrogen-bond acceptors (Lipinski definition) is 5. The Morgan fingerprint density at radius 1 is 1.14 bits per heavy atom. The molecule has 2 amide bonds. The molecular formula is C20H21FN4O3. The first kappa shape index (κ1) is 18.3. The summed E-state index contributed by atoms with van der Waals surface area (Å²) in [5, 5.41) is 7.96. The summed E-state index contributed by atoms with van der Waals surface area (Å²) in [6, 6.07) is 9.34. The van der Waals surface area contributed by atoms with E-state index in [1.54, 1.807) is 28.0 Å². The lowest BCUT2D eigenvalue weighted by molar-refractivity contribution is -0.135. The highest BCUT2D eigenvalue weighted by Gasteiger charge is 2.39. The molecule has 4 rings (SSSR count). The van der Waals surface area contributed by atoms with Gasteiger partial charge in [-0.1, -0.05) is 0 Å². The van der Waals surface area contributed by atoms with Gasteiger partial charge in [0.2, 0.25) is 17.7 Å². The number of hydrogen-bond donors (Lipinski definition) is 0. The summed E-state index contributed by atoms with van der Waals surface area (Å²) in [5.41, 5.74) is 1.43. The van der Waals surface area contributed by atoms with E-state index in [0.29, 0.717) is 37.6 Å². The fraction of sp³-hybridized carbons (Fsp3) is 0.400. The van der Waals surface area contributed by atoms with Gasteiger partial charge in [-0.3, -0.25) is 9.59 Å². The van der Waals surface area contributed by atoms with Gasteiger partial charge in [0, 0.05) is 37.7 Å². The number of carbonyl (C=O) groups excluding carboxylic acids is 2. The van der Waals surface area contributed by atoms with Crippen molar-refractivity contribution in [3.05, 3.63) is 47.9 Å². The van der Waals surface area contributed by atoms with Crippen molar-refractivity contribution in [1.29, 1.82) is 0 Å². The number of aromatic nitrogens is 2. The smallest absolute Gasteiger partial charge is 0.233 e. The highest BCUT2D eigenvalue weighted by atomic mass is 19.1. The predicted molar refractivity (Wildman–Crippen MR) is 99.2 cm³/mol. The summed E-state index contributed by atoms with van der Waals surface area (Å²) in [7, 11) is 0. The molecule has 0 aliphatic carbocycles. The second-order valence-corrected chi connectivity index (χ2v) is 7.21.